The van der Waals surface area contributed by atoms with E-state index in [1.54, 1.807) is 53.7 Å². The predicted octanol–water partition coefficient (Wildman–Crippen LogP) is 1.59. The lowest BCUT2D eigenvalue weighted by Crippen LogP contribution is -2.55. The fraction of sp³-hybridized carbons (Fsp3) is 0.500. The van der Waals surface area contributed by atoms with Gasteiger partial charge in [-0.25, -0.2) is 19.4 Å². The number of aromatic amines is 1. The van der Waals surface area contributed by atoms with E-state index >= 15 is 0 Å². The van der Waals surface area contributed by atoms with Gasteiger partial charge in [0.2, 0.25) is 17.7 Å². The Balaban J connectivity index is 2.02. The monoisotopic (exact) mass is 646 g/mol. The number of H-pyrrole nitrogens is 1. The molecule has 2 aromatic rings. The molecule has 1 aromatic carbocycles. The van der Waals surface area contributed by atoms with Gasteiger partial charge in [0.15, 0.2) is 0 Å². The zero-order valence-corrected chi connectivity index (χ0v) is 26.9. The van der Waals surface area contributed by atoms with Crippen LogP contribution in [0.15, 0.2) is 36.8 Å². The van der Waals surface area contributed by atoms with Gasteiger partial charge < -0.3 is 45.6 Å². The number of amides is 4. The molecular weight excluding hydrogens is 604 g/mol. The normalized spacial score (nSPS) is 13.3. The Labute approximate surface area is 266 Å². The number of imidazole rings is 1. The van der Waals surface area contributed by atoms with E-state index in [9.17, 15) is 33.9 Å². The zero-order chi connectivity index (χ0) is 34.7. The Kier molecular flexibility index (Phi) is 13.1. The quantitative estimate of drug-likeness (QED) is 0.135. The van der Waals surface area contributed by atoms with Crippen LogP contribution in [0, 0.1) is 0 Å². The second-order valence-corrected chi connectivity index (χ2v) is 12.3. The fourth-order valence-electron chi connectivity index (χ4n) is 3.72. The minimum atomic E-state index is -1.27. The third-order valence-electron chi connectivity index (χ3n) is 5.75. The molecule has 0 spiro atoms. The summed E-state index contributed by atoms with van der Waals surface area (Å²) < 4.78 is 15.6. The highest BCUT2D eigenvalue weighted by Gasteiger charge is 2.28. The number of alkyl carbamates (subject to hydrolysis) is 1. The van der Waals surface area contributed by atoms with E-state index in [-0.39, 0.29) is 18.6 Å². The molecule has 46 heavy (non-hydrogen) atoms. The SMILES string of the molecule is C[C@H](NC(=O)[C@@H](Cc1ccc(OC(=O)OC(C)(C)C)cc1)NC(=O)OC(C)(C)C)C(=O)NCC(=O)N[C@H](Cc1cnc[nH]1)C(=O)O. The summed E-state index contributed by atoms with van der Waals surface area (Å²) in [5.74, 6) is -3.29. The second-order valence-electron chi connectivity index (χ2n) is 12.3. The molecule has 0 aliphatic rings. The molecule has 3 atom stereocenters. The maximum absolute atomic E-state index is 13.2. The third-order valence-corrected chi connectivity index (χ3v) is 5.75. The molecule has 0 saturated heterocycles. The van der Waals surface area contributed by atoms with Crippen molar-refractivity contribution in [1.29, 1.82) is 0 Å². The first kappa shape index (κ1) is 37.0. The van der Waals surface area contributed by atoms with E-state index in [1.807, 2.05) is 0 Å². The van der Waals surface area contributed by atoms with Gasteiger partial charge in [-0.1, -0.05) is 12.1 Å². The van der Waals surface area contributed by atoms with Crippen LogP contribution < -0.4 is 26.0 Å². The van der Waals surface area contributed by atoms with E-state index in [2.05, 4.69) is 31.2 Å². The highest BCUT2D eigenvalue weighted by Crippen LogP contribution is 2.17. The molecule has 16 heteroatoms. The van der Waals surface area contributed by atoms with Crippen molar-refractivity contribution in [2.45, 2.75) is 90.6 Å². The first-order chi connectivity index (χ1) is 21.3. The molecule has 4 amide bonds. The first-order valence-electron chi connectivity index (χ1n) is 14.4. The Bertz CT molecular complexity index is 1360. The van der Waals surface area contributed by atoms with Crippen molar-refractivity contribution in [3.05, 3.63) is 48.0 Å². The Morgan fingerprint density at radius 3 is 2.02 bits per heavy atom. The summed E-state index contributed by atoms with van der Waals surface area (Å²) in [7, 11) is 0. The molecule has 16 nitrogen and oxygen atoms in total. The predicted molar refractivity (Wildman–Crippen MR) is 163 cm³/mol. The maximum Gasteiger partial charge on any atom is 0.514 e. The number of hydrogen-bond donors (Lipinski definition) is 6. The van der Waals surface area contributed by atoms with Crippen LogP contribution in [0.1, 0.15) is 59.7 Å². The standard InChI is InChI=1S/C30H42N6O10/c1-17(24(38)32-15-23(37)35-22(26(40)41)13-19-14-31-16-33-19)34-25(39)21(36-27(42)45-29(2,3)4)12-18-8-10-20(11-9-18)44-28(43)46-30(5,6)7/h8-11,14,16-17,21-22H,12-13,15H2,1-7H3,(H,31,33)(H,32,38)(H,34,39)(H,35,37)(H,36,42)(H,40,41)/t17-,21+,22+/m0/s1. The summed E-state index contributed by atoms with van der Waals surface area (Å²) in [6.07, 6.45) is 0.974. The topological polar surface area (TPSA) is 227 Å². The van der Waals surface area contributed by atoms with Crippen LogP contribution in [-0.4, -0.2) is 86.9 Å². The number of nitrogens with zero attached hydrogens (tertiary/aromatic N) is 1. The number of carbonyl (C=O) groups excluding carboxylic acids is 5. The number of nitrogens with one attached hydrogen (secondary N) is 5. The second kappa shape index (κ2) is 16.2. The van der Waals surface area contributed by atoms with Gasteiger partial charge >= 0.3 is 18.2 Å². The maximum atomic E-state index is 13.2. The number of benzene rings is 1. The smallest absolute Gasteiger partial charge is 0.480 e. The van der Waals surface area contributed by atoms with E-state index in [0.29, 0.717) is 11.3 Å². The van der Waals surface area contributed by atoms with Crippen molar-refractivity contribution in [1.82, 2.24) is 31.2 Å². The number of rotatable bonds is 13. The van der Waals surface area contributed by atoms with Crippen molar-refractivity contribution < 1.29 is 48.1 Å². The van der Waals surface area contributed by atoms with Crippen LogP contribution in [0.25, 0.3) is 0 Å². The molecule has 2 rings (SSSR count). The number of carbonyl (C=O) groups is 6. The van der Waals surface area contributed by atoms with Gasteiger partial charge in [0.05, 0.1) is 12.9 Å². The third kappa shape index (κ3) is 14.1. The van der Waals surface area contributed by atoms with E-state index in [1.165, 1.54) is 31.6 Å². The van der Waals surface area contributed by atoms with Crippen LogP contribution in [0.5, 0.6) is 5.75 Å². The molecular formula is C30H42N6O10. The van der Waals surface area contributed by atoms with Crippen molar-refractivity contribution in [2.75, 3.05) is 6.54 Å². The van der Waals surface area contributed by atoms with Crippen molar-refractivity contribution in [3.8, 4) is 5.75 Å². The minimum absolute atomic E-state index is 0.0263. The number of aromatic nitrogens is 2. The summed E-state index contributed by atoms with van der Waals surface area (Å²) in [5.41, 5.74) is -0.523. The summed E-state index contributed by atoms with van der Waals surface area (Å²) in [5, 5.41) is 19.1. The van der Waals surface area contributed by atoms with Gasteiger partial charge in [0.25, 0.3) is 0 Å². The molecule has 1 aromatic heterocycles. The van der Waals surface area contributed by atoms with Crippen LogP contribution >= 0.6 is 0 Å². The van der Waals surface area contributed by atoms with Crippen LogP contribution in [0.2, 0.25) is 0 Å². The van der Waals surface area contributed by atoms with Gasteiger partial charge in [0, 0.05) is 24.7 Å². The van der Waals surface area contributed by atoms with Crippen molar-refractivity contribution in [3.63, 3.8) is 0 Å². The van der Waals surface area contributed by atoms with E-state index < -0.39 is 71.8 Å². The van der Waals surface area contributed by atoms with Crippen molar-refractivity contribution in [2.24, 2.45) is 0 Å². The van der Waals surface area contributed by atoms with Gasteiger partial charge in [-0.3, -0.25) is 14.4 Å². The lowest BCUT2D eigenvalue weighted by Gasteiger charge is -2.24. The average Bonchev–Trinajstić information content (AvgIpc) is 3.43. The number of hydrogen-bond acceptors (Lipinski definition) is 10. The average molecular weight is 647 g/mol. The van der Waals surface area contributed by atoms with Crippen LogP contribution in [0.4, 0.5) is 9.59 Å². The Morgan fingerprint density at radius 1 is 0.848 bits per heavy atom. The van der Waals surface area contributed by atoms with Crippen LogP contribution in [0.3, 0.4) is 0 Å². The molecule has 0 aliphatic heterocycles. The fourth-order valence-corrected chi connectivity index (χ4v) is 3.72. The lowest BCUT2D eigenvalue weighted by molar-refractivity contribution is -0.141. The number of carboxylic acid groups (broad SMARTS) is 1. The molecule has 252 valence electrons. The molecule has 0 fully saturated rings. The summed E-state index contributed by atoms with van der Waals surface area (Å²) in [4.78, 5) is 80.8. The van der Waals surface area contributed by atoms with Crippen LogP contribution in [-0.2, 0) is 41.5 Å². The van der Waals surface area contributed by atoms with E-state index in [0.717, 1.165) is 0 Å². The molecule has 0 radical (unpaired) electrons. The summed E-state index contributed by atoms with van der Waals surface area (Å²) in [6.45, 7) is 10.9. The van der Waals surface area contributed by atoms with Gasteiger partial charge in [-0.05, 0) is 66.2 Å². The van der Waals surface area contributed by atoms with E-state index in [4.69, 9.17) is 14.2 Å². The molecule has 0 bridgehead atoms. The zero-order valence-electron chi connectivity index (χ0n) is 26.9. The first-order valence-corrected chi connectivity index (χ1v) is 14.4. The molecule has 0 unspecified atom stereocenters. The highest BCUT2D eigenvalue weighted by atomic mass is 16.7. The van der Waals surface area contributed by atoms with Crippen molar-refractivity contribution >= 4 is 35.9 Å². The Hall–Kier alpha value is -5.15. The highest BCUT2D eigenvalue weighted by molar-refractivity contribution is 5.93. The molecule has 0 saturated carbocycles. The van der Waals surface area contributed by atoms with Gasteiger partial charge in [0.1, 0.15) is 35.1 Å². The number of aliphatic carboxylic acids is 1. The summed E-state index contributed by atoms with van der Waals surface area (Å²) in [6, 6.07) is 2.56. The Morgan fingerprint density at radius 2 is 1.48 bits per heavy atom. The lowest BCUT2D eigenvalue weighted by atomic mass is 10.0. The molecule has 6 N–H and O–H groups in total. The summed E-state index contributed by atoms with van der Waals surface area (Å²) >= 11 is 0. The van der Waals surface area contributed by atoms with Gasteiger partial charge in [-0.2, -0.15) is 0 Å². The molecule has 1 heterocycles. The number of ether oxygens (including phenoxy) is 3. The minimum Gasteiger partial charge on any atom is -0.480 e. The number of carboxylic acids is 1. The van der Waals surface area contributed by atoms with Gasteiger partial charge in [-0.15, -0.1) is 0 Å². The molecule has 0 aliphatic carbocycles. The largest absolute Gasteiger partial charge is 0.514 e.